The number of hydrazone groups is 1. The second kappa shape index (κ2) is 8.79. The molecule has 1 fully saturated rings. The number of hydrogen-bond donors (Lipinski definition) is 2. The molecule has 0 amide bonds. The van der Waals surface area contributed by atoms with Gasteiger partial charge in [-0.3, -0.25) is 15.1 Å². The molecule has 182 valence electrons. The van der Waals surface area contributed by atoms with Crippen molar-refractivity contribution in [1.29, 1.82) is 0 Å². The zero-order valence-electron chi connectivity index (χ0n) is 20.1. The Kier molecular flexibility index (Phi) is 5.60. The van der Waals surface area contributed by atoms with Gasteiger partial charge in [0.1, 0.15) is 5.83 Å². The van der Waals surface area contributed by atoms with E-state index in [9.17, 15) is 9.18 Å². The average molecular weight is 475 g/mol. The standard InChI is InChI=1S/C28H31FN4O2/c1-32-15-22(18-9-11-33(12-10-18)19-7-5-17(6-8-19)13-26(34)35)28-23(16-32)20-3-2-4-21-24(29)14-25(27(20)21)30-31-28/h2-4,9,14,16-17,19,31H,5-8,10-13,15H2,1H3,(H,34,35)/t17-,19-. The fourth-order valence-electron chi connectivity index (χ4n) is 6.39. The number of hydrogen-bond acceptors (Lipinski definition) is 5. The molecule has 0 radical (unpaired) electrons. The lowest BCUT2D eigenvalue weighted by Crippen LogP contribution is -2.41. The maximum Gasteiger partial charge on any atom is 0.303 e. The molecule has 2 N–H and O–H groups in total. The number of nitrogens with zero attached hydrogens (tertiary/aromatic N) is 3. The lowest BCUT2D eigenvalue weighted by molar-refractivity contribution is -0.138. The Morgan fingerprint density at radius 2 is 2.03 bits per heavy atom. The van der Waals surface area contributed by atoms with Gasteiger partial charge in [-0.2, -0.15) is 5.10 Å². The van der Waals surface area contributed by atoms with E-state index in [0.29, 0.717) is 29.7 Å². The molecule has 3 aliphatic heterocycles. The van der Waals surface area contributed by atoms with E-state index in [1.165, 1.54) is 17.2 Å². The lowest BCUT2D eigenvalue weighted by Gasteiger charge is -2.39. The molecule has 7 heteroatoms. The highest BCUT2D eigenvalue weighted by Crippen LogP contribution is 2.41. The Labute approximate surface area is 205 Å². The third-order valence-electron chi connectivity index (χ3n) is 8.17. The van der Waals surface area contributed by atoms with Crippen LogP contribution >= 0.6 is 0 Å². The van der Waals surface area contributed by atoms with Crippen LogP contribution < -0.4 is 5.43 Å². The number of halogens is 1. The lowest BCUT2D eigenvalue weighted by atomic mass is 9.82. The monoisotopic (exact) mass is 474 g/mol. The molecule has 2 aliphatic carbocycles. The minimum Gasteiger partial charge on any atom is -0.481 e. The number of likely N-dealkylation sites (N-methyl/N-ethyl adjacent to an activating group) is 1. The summed E-state index contributed by atoms with van der Waals surface area (Å²) in [5.74, 6) is -0.569. The summed E-state index contributed by atoms with van der Waals surface area (Å²) in [6, 6.07) is 6.36. The maximum absolute atomic E-state index is 14.5. The van der Waals surface area contributed by atoms with Gasteiger partial charge in [0.05, 0.1) is 11.4 Å². The van der Waals surface area contributed by atoms with E-state index in [4.69, 9.17) is 5.11 Å². The molecule has 0 saturated heterocycles. The summed E-state index contributed by atoms with van der Waals surface area (Å²) < 4.78 is 14.5. The highest BCUT2D eigenvalue weighted by Gasteiger charge is 2.33. The highest BCUT2D eigenvalue weighted by molar-refractivity contribution is 6.21. The predicted octanol–water partition coefficient (Wildman–Crippen LogP) is 4.52. The molecule has 3 heterocycles. The normalized spacial score (nSPS) is 26.1. The first-order valence-corrected chi connectivity index (χ1v) is 12.6. The van der Waals surface area contributed by atoms with Gasteiger partial charge in [-0.1, -0.05) is 24.3 Å². The van der Waals surface area contributed by atoms with E-state index in [2.05, 4.69) is 45.7 Å². The number of carboxylic acids is 1. The van der Waals surface area contributed by atoms with Crippen LogP contribution in [0.4, 0.5) is 4.39 Å². The van der Waals surface area contributed by atoms with E-state index in [0.717, 1.165) is 74.1 Å². The largest absolute Gasteiger partial charge is 0.481 e. The number of nitrogens with one attached hydrogen (secondary N) is 1. The molecule has 0 bridgehead atoms. The number of rotatable bonds is 4. The zero-order valence-corrected chi connectivity index (χ0v) is 20.1. The molecule has 6 nitrogen and oxygen atoms in total. The van der Waals surface area contributed by atoms with Gasteiger partial charge >= 0.3 is 5.97 Å². The number of fused-ring (bicyclic) bond motifs is 2. The van der Waals surface area contributed by atoms with E-state index in [-0.39, 0.29) is 5.83 Å². The van der Waals surface area contributed by atoms with Crippen LogP contribution in [0.5, 0.6) is 0 Å². The minimum absolute atomic E-state index is 0.230. The van der Waals surface area contributed by atoms with Crippen molar-refractivity contribution in [3.63, 3.8) is 0 Å². The van der Waals surface area contributed by atoms with Gasteiger partial charge in [-0.05, 0) is 49.2 Å². The first-order chi connectivity index (χ1) is 17.0. The summed E-state index contributed by atoms with van der Waals surface area (Å²) in [5.41, 5.74) is 11.2. The Morgan fingerprint density at radius 3 is 2.77 bits per heavy atom. The zero-order chi connectivity index (χ0) is 24.1. The summed E-state index contributed by atoms with van der Waals surface area (Å²) in [4.78, 5) is 15.8. The summed E-state index contributed by atoms with van der Waals surface area (Å²) in [5, 5.41) is 13.7. The van der Waals surface area contributed by atoms with Crippen molar-refractivity contribution in [2.75, 3.05) is 26.7 Å². The third-order valence-corrected chi connectivity index (χ3v) is 8.17. The third kappa shape index (κ3) is 4.01. The van der Waals surface area contributed by atoms with Crippen molar-refractivity contribution in [2.45, 2.75) is 44.6 Å². The van der Waals surface area contributed by atoms with Crippen LogP contribution in [0.1, 0.15) is 55.2 Å². The van der Waals surface area contributed by atoms with Crippen LogP contribution in [0.25, 0.3) is 11.4 Å². The van der Waals surface area contributed by atoms with Crippen LogP contribution in [-0.4, -0.2) is 59.3 Å². The Morgan fingerprint density at radius 1 is 1.23 bits per heavy atom. The maximum atomic E-state index is 14.5. The smallest absolute Gasteiger partial charge is 0.303 e. The molecule has 5 aliphatic rings. The van der Waals surface area contributed by atoms with Gasteiger partial charge in [-0.15, -0.1) is 0 Å². The Bertz CT molecular complexity index is 1230. The molecule has 0 spiro atoms. The van der Waals surface area contributed by atoms with Crippen molar-refractivity contribution >= 4 is 23.1 Å². The van der Waals surface area contributed by atoms with Crippen molar-refractivity contribution < 1.29 is 14.3 Å². The van der Waals surface area contributed by atoms with E-state index in [1.54, 1.807) is 0 Å². The summed E-state index contributed by atoms with van der Waals surface area (Å²) >= 11 is 0. The molecule has 0 atom stereocenters. The predicted molar refractivity (Wildman–Crippen MR) is 135 cm³/mol. The average Bonchev–Trinajstić information content (AvgIpc) is 3.09. The van der Waals surface area contributed by atoms with E-state index in [1.807, 2.05) is 12.1 Å². The second-order valence-electron chi connectivity index (χ2n) is 10.4. The molecule has 6 rings (SSSR count). The summed E-state index contributed by atoms with van der Waals surface area (Å²) in [7, 11) is 2.09. The van der Waals surface area contributed by atoms with Crippen LogP contribution in [0.15, 0.2) is 58.5 Å². The van der Waals surface area contributed by atoms with Crippen molar-refractivity contribution in [1.82, 2.24) is 15.2 Å². The number of allylic oxidation sites excluding steroid dienone is 2. The topological polar surface area (TPSA) is 68.2 Å². The number of carboxylic acid groups (broad SMARTS) is 1. The Balaban J connectivity index is 1.25. The highest BCUT2D eigenvalue weighted by atomic mass is 19.1. The summed E-state index contributed by atoms with van der Waals surface area (Å²) in [6.07, 6.45) is 11.5. The van der Waals surface area contributed by atoms with Gasteiger partial charge in [0, 0.05) is 73.7 Å². The van der Waals surface area contributed by atoms with Gasteiger partial charge in [-0.25, -0.2) is 4.39 Å². The molecule has 1 saturated carbocycles. The SMILES string of the molecule is CN1C=C2C(=C(C3=CCN([C@H]4CC[C@H](CC(=O)O)CC4)CC3)C1)NN=C1C=C(F)c3cccc2c31. The molecule has 1 aromatic rings. The van der Waals surface area contributed by atoms with Crippen molar-refractivity contribution in [3.8, 4) is 0 Å². The van der Waals surface area contributed by atoms with Crippen LogP contribution in [-0.2, 0) is 4.79 Å². The molecule has 0 unspecified atom stereocenters. The van der Waals surface area contributed by atoms with Crippen LogP contribution in [0.2, 0.25) is 0 Å². The van der Waals surface area contributed by atoms with Crippen LogP contribution in [0, 0.1) is 5.92 Å². The molecular weight excluding hydrogens is 443 g/mol. The molecular formula is C28H31FN4O2. The van der Waals surface area contributed by atoms with Gasteiger partial charge in [0.25, 0.3) is 0 Å². The van der Waals surface area contributed by atoms with Gasteiger partial charge < -0.3 is 10.0 Å². The molecule has 35 heavy (non-hydrogen) atoms. The second-order valence-corrected chi connectivity index (χ2v) is 10.4. The van der Waals surface area contributed by atoms with E-state index >= 15 is 0 Å². The van der Waals surface area contributed by atoms with Gasteiger partial charge in [0.15, 0.2) is 0 Å². The minimum atomic E-state index is -0.672. The first-order valence-electron chi connectivity index (χ1n) is 12.6. The van der Waals surface area contributed by atoms with Crippen molar-refractivity contribution in [2.24, 2.45) is 11.0 Å². The van der Waals surface area contributed by atoms with Crippen LogP contribution in [0.3, 0.4) is 0 Å². The Hall–Kier alpha value is -3.19. The quantitative estimate of drug-likeness (QED) is 0.672. The summed E-state index contributed by atoms with van der Waals surface area (Å²) in [6.45, 7) is 2.75. The molecule has 0 aromatic heterocycles. The van der Waals surface area contributed by atoms with E-state index < -0.39 is 5.97 Å². The van der Waals surface area contributed by atoms with Crippen molar-refractivity contribution in [3.05, 3.63) is 70.1 Å². The first kappa shape index (κ1) is 22.3. The number of carbonyl (C=O) groups is 1. The fourth-order valence-corrected chi connectivity index (χ4v) is 6.39. The molecule has 1 aromatic carbocycles. The number of benzene rings is 1. The fraction of sp³-hybridized carbons (Fsp3) is 0.429. The number of aliphatic carboxylic acids is 1. The van der Waals surface area contributed by atoms with Gasteiger partial charge in [0.2, 0.25) is 0 Å².